The maximum atomic E-state index is 12.4. The third-order valence-electron chi connectivity index (χ3n) is 4.33. The quantitative estimate of drug-likeness (QED) is 0.778. The van der Waals surface area contributed by atoms with Crippen molar-refractivity contribution in [2.24, 2.45) is 5.92 Å². The first kappa shape index (κ1) is 16.7. The first-order valence-corrected chi connectivity index (χ1v) is 9.41. The Morgan fingerprint density at radius 1 is 1.14 bits per heavy atom. The van der Waals surface area contributed by atoms with Gasteiger partial charge in [-0.3, -0.25) is 4.79 Å². The zero-order chi connectivity index (χ0) is 15.3. The third-order valence-corrected chi connectivity index (χ3v) is 6.01. The van der Waals surface area contributed by atoms with Gasteiger partial charge < -0.3 is 4.74 Å². The molecule has 1 saturated carbocycles. The van der Waals surface area contributed by atoms with Gasteiger partial charge in [0.25, 0.3) is 10.2 Å². The highest BCUT2D eigenvalue weighted by molar-refractivity contribution is 7.87. The van der Waals surface area contributed by atoms with Crippen molar-refractivity contribution >= 4 is 16.2 Å². The van der Waals surface area contributed by atoms with E-state index in [-0.39, 0.29) is 17.9 Å². The Balaban J connectivity index is 1.84. The lowest BCUT2D eigenvalue weighted by atomic mass is 9.96. The van der Waals surface area contributed by atoms with Crippen molar-refractivity contribution in [2.45, 2.75) is 57.9 Å². The molecule has 6 nitrogen and oxygen atoms in total. The van der Waals surface area contributed by atoms with E-state index < -0.39 is 10.2 Å². The zero-order valence-corrected chi connectivity index (χ0v) is 13.5. The van der Waals surface area contributed by atoms with E-state index in [1.807, 2.05) is 0 Å². The second-order valence-corrected chi connectivity index (χ2v) is 7.59. The van der Waals surface area contributed by atoms with Crippen LogP contribution in [-0.4, -0.2) is 44.4 Å². The average Bonchev–Trinajstić information content (AvgIpc) is 2.48. The maximum Gasteiger partial charge on any atom is 0.309 e. The number of nitrogens with one attached hydrogen (secondary N) is 1. The van der Waals surface area contributed by atoms with Crippen LogP contribution in [0.1, 0.15) is 51.9 Å². The van der Waals surface area contributed by atoms with Crippen LogP contribution in [0, 0.1) is 5.92 Å². The van der Waals surface area contributed by atoms with Crippen molar-refractivity contribution in [1.82, 2.24) is 9.03 Å². The molecule has 1 heterocycles. The van der Waals surface area contributed by atoms with Crippen LogP contribution in [0.2, 0.25) is 0 Å². The van der Waals surface area contributed by atoms with Gasteiger partial charge >= 0.3 is 5.97 Å². The first-order chi connectivity index (χ1) is 10.0. The van der Waals surface area contributed by atoms with E-state index in [4.69, 9.17) is 4.74 Å². The van der Waals surface area contributed by atoms with Gasteiger partial charge in [-0.15, -0.1) is 0 Å². The van der Waals surface area contributed by atoms with Gasteiger partial charge in [-0.1, -0.05) is 19.3 Å². The second kappa shape index (κ2) is 7.56. The predicted octanol–water partition coefficient (Wildman–Crippen LogP) is 1.43. The summed E-state index contributed by atoms with van der Waals surface area (Å²) >= 11 is 0. The highest BCUT2D eigenvalue weighted by atomic mass is 32.2. The molecule has 21 heavy (non-hydrogen) atoms. The van der Waals surface area contributed by atoms with Gasteiger partial charge in [0, 0.05) is 19.1 Å². The Kier molecular flexibility index (Phi) is 6.01. The molecule has 1 aliphatic heterocycles. The summed E-state index contributed by atoms with van der Waals surface area (Å²) in [4.78, 5) is 11.7. The normalized spacial score (nSPS) is 23.1. The minimum atomic E-state index is -3.41. The topological polar surface area (TPSA) is 75.7 Å². The van der Waals surface area contributed by atoms with Gasteiger partial charge in [0.1, 0.15) is 0 Å². The standard InChI is InChI=1S/C14H26N2O4S/c1-2-20-14(17)12-8-10-16(11-9-12)21(18,19)15-13-6-4-3-5-7-13/h12-13,15H,2-11H2,1H3. The molecule has 2 aliphatic rings. The number of carbonyl (C=O) groups is 1. The van der Waals surface area contributed by atoms with Crippen LogP contribution >= 0.6 is 0 Å². The van der Waals surface area contributed by atoms with Crippen molar-refractivity contribution in [3.05, 3.63) is 0 Å². The summed E-state index contributed by atoms with van der Waals surface area (Å²) in [5, 5.41) is 0. The maximum absolute atomic E-state index is 12.4. The second-order valence-electron chi connectivity index (χ2n) is 5.88. The van der Waals surface area contributed by atoms with Crippen LogP contribution in [-0.2, 0) is 19.7 Å². The van der Waals surface area contributed by atoms with E-state index in [0.29, 0.717) is 32.5 Å². The number of hydrogen-bond donors (Lipinski definition) is 1. The van der Waals surface area contributed by atoms with E-state index in [2.05, 4.69) is 4.72 Å². The molecule has 0 bridgehead atoms. The van der Waals surface area contributed by atoms with Crippen LogP contribution in [0.15, 0.2) is 0 Å². The number of rotatable bonds is 5. The lowest BCUT2D eigenvalue weighted by Crippen LogP contribution is -2.49. The summed E-state index contributed by atoms with van der Waals surface area (Å²) in [6.07, 6.45) is 6.34. The third kappa shape index (κ3) is 4.66. The van der Waals surface area contributed by atoms with Crippen LogP contribution in [0.3, 0.4) is 0 Å². The summed E-state index contributed by atoms with van der Waals surface area (Å²) in [7, 11) is -3.41. The molecule has 7 heteroatoms. The van der Waals surface area contributed by atoms with E-state index >= 15 is 0 Å². The molecular weight excluding hydrogens is 292 g/mol. The summed E-state index contributed by atoms with van der Waals surface area (Å²) < 4.78 is 34.0. The Bertz CT molecular complexity index is 438. The Morgan fingerprint density at radius 3 is 2.33 bits per heavy atom. The lowest BCUT2D eigenvalue weighted by molar-refractivity contribution is -0.149. The van der Waals surface area contributed by atoms with Gasteiger partial charge in [-0.25, -0.2) is 0 Å². The number of ether oxygens (including phenoxy) is 1. The summed E-state index contributed by atoms with van der Waals surface area (Å²) in [5.41, 5.74) is 0. The fourth-order valence-electron chi connectivity index (χ4n) is 3.10. The van der Waals surface area contributed by atoms with Crippen LogP contribution in [0.4, 0.5) is 0 Å². The Morgan fingerprint density at radius 2 is 1.76 bits per heavy atom. The molecule has 122 valence electrons. The fraction of sp³-hybridized carbons (Fsp3) is 0.929. The van der Waals surface area contributed by atoms with Gasteiger partial charge in [0.15, 0.2) is 0 Å². The monoisotopic (exact) mass is 318 g/mol. The molecule has 2 fully saturated rings. The van der Waals surface area contributed by atoms with Gasteiger partial charge in [-0.05, 0) is 32.6 Å². The molecule has 1 aliphatic carbocycles. The largest absolute Gasteiger partial charge is 0.466 e. The average molecular weight is 318 g/mol. The molecule has 1 N–H and O–H groups in total. The molecule has 0 unspecified atom stereocenters. The molecule has 0 amide bonds. The number of esters is 1. The zero-order valence-electron chi connectivity index (χ0n) is 12.7. The summed E-state index contributed by atoms with van der Waals surface area (Å²) in [5.74, 6) is -0.360. The van der Waals surface area contributed by atoms with Crippen molar-refractivity contribution in [3.63, 3.8) is 0 Å². The fourth-order valence-corrected chi connectivity index (χ4v) is 4.60. The number of piperidine rings is 1. The van der Waals surface area contributed by atoms with E-state index in [0.717, 1.165) is 25.7 Å². The summed E-state index contributed by atoms with van der Waals surface area (Å²) in [6, 6.07) is 0.0755. The highest BCUT2D eigenvalue weighted by Crippen LogP contribution is 2.22. The van der Waals surface area contributed by atoms with Crippen molar-refractivity contribution in [1.29, 1.82) is 0 Å². The van der Waals surface area contributed by atoms with Gasteiger partial charge in [0.2, 0.25) is 0 Å². The van der Waals surface area contributed by atoms with E-state index in [9.17, 15) is 13.2 Å². The van der Waals surface area contributed by atoms with Crippen molar-refractivity contribution < 1.29 is 17.9 Å². The Labute approximate surface area is 127 Å². The van der Waals surface area contributed by atoms with Gasteiger partial charge in [-0.2, -0.15) is 17.4 Å². The molecule has 0 atom stereocenters. The van der Waals surface area contributed by atoms with Crippen LogP contribution < -0.4 is 4.72 Å². The molecular formula is C14H26N2O4S. The van der Waals surface area contributed by atoms with E-state index in [1.54, 1.807) is 6.92 Å². The predicted molar refractivity (Wildman–Crippen MR) is 79.9 cm³/mol. The lowest BCUT2D eigenvalue weighted by Gasteiger charge is -2.32. The molecule has 0 aromatic carbocycles. The smallest absolute Gasteiger partial charge is 0.309 e. The van der Waals surface area contributed by atoms with E-state index in [1.165, 1.54) is 10.7 Å². The molecule has 2 rings (SSSR count). The SMILES string of the molecule is CCOC(=O)C1CCN(S(=O)(=O)NC2CCCCC2)CC1. The Hall–Kier alpha value is -0.660. The molecule has 0 aromatic heterocycles. The first-order valence-electron chi connectivity index (χ1n) is 7.97. The highest BCUT2D eigenvalue weighted by Gasteiger charge is 2.33. The van der Waals surface area contributed by atoms with Crippen molar-refractivity contribution in [3.8, 4) is 0 Å². The molecule has 1 saturated heterocycles. The van der Waals surface area contributed by atoms with Crippen molar-refractivity contribution in [2.75, 3.05) is 19.7 Å². The number of carbonyl (C=O) groups excluding carboxylic acids is 1. The number of nitrogens with zero attached hydrogens (tertiary/aromatic N) is 1. The van der Waals surface area contributed by atoms with Crippen LogP contribution in [0.25, 0.3) is 0 Å². The molecule has 0 aromatic rings. The van der Waals surface area contributed by atoms with Gasteiger partial charge in [0.05, 0.1) is 12.5 Å². The summed E-state index contributed by atoms with van der Waals surface area (Å²) in [6.45, 7) is 2.95. The molecule has 0 spiro atoms. The molecule has 0 radical (unpaired) electrons. The minimum absolute atomic E-state index is 0.0755. The number of hydrogen-bond acceptors (Lipinski definition) is 4. The minimum Gasteiger partial charge on any atom is -0.466 e. The van der Waals surface area contributed by atoms with Crippen LogP contribution in [0.5, 0.6) is 0 Å².